The van der Waals surface area contributed by atoms with E-state index in [9.17, 15) is 0 Å². The maximum atomic E-state index is 5.88. The molecule has 0 unspecified atom stereocenters. The Labute approximate surface area is 99.5 Å². The third-order valence-electron chi connectivity index (χ3n) is 1.94. The highest BCUT2D eigenvalue weighted by Crippen LogP contribution is 2.18. The van der Waals surface area contributed by atoms with Crippen molar-refractivity contribution in [1.82, 2.24) is 0 Å². The van der Waals surface area contributed by atoms with Crippen LogP contribution in [-0.2, 0) is 0 Å². The second-order valence-corrected chi connectivity index (χ2v) is 4.02. The van der Waals surface area contributed by atoms with Crippen LogP contribution < -0.4 is 0 Å². The molecule has 74 valence electrons. The van der Waals surface area contributed by atoms with Crippen LogP contribution in [0.2, 0.25) is 10.0 Å². The molecule has 2 heteroatoms. The molecule has 0 bridgehead atoms. The average molecular weight is 235 g/mol. The molecule has 0 N–H and O–H groups in total. The van der Waals surface area contributed by atoms with E-state index in [-0.39, 0.29) is 0 Å². The van der Waals surface area contributed by atoms with Gasteiger partial charge in [-0.25, -0.2) is 0 Å². The van der Waals surface area contributed by atoms with E-state index >= 15 is 0 Å². The zero-order valence-electron chi connectivity index (χ0n) is 7.87. The maximum absolute atomic E-state index is 5.88. The molecule has 0 aliphatic rings. The minimum Gasteiger partial charge on any atom is -0.0843 e. The van der Waals surface area contributed by atoms with Crippen LogP contribution >= 0.6 is 23.2 Å². The third kappa shape index (κ3) is 2.98. The molecule has 2 rings (SSSR count). The number of hydrogen-bond donors (Lipinski definition) is 0. The molecule has 0 spiro atoms. The highest BCUT2D eigenvalue weighted by molar-refractivity contribution is 6.31. The quantitative estimate of drug-likeness (QED) is 0.720. The SMILES string of the molecule is Clc1cccc([C]c2cccc(Cl)c2)c1. The van der Waals surface area contributed by atoms with Crippen LogP contribution in [-0.4, -0.2) is 0 Å². The molecular weight excluding hydrogens is 227 g/mol. The fourth-order valence-corrected chi connectivity index (χ4v) is 1.68. The summed E-state index contributed by atoms with van der Waals surface area (Å²) < 4.78 is 0. The maximum Gasteiger partial charge on any atom is 0.0502 e. The first kappa shape index (κ1) is 10.5. The van der Waals surface area contributed by atoms with Gasteiger partial charge < -0.3 is 0 Å². The van der Waals surface area contributed by atoms with E-state index in [0.717, 1.165) is 11.1 Å². The molecule has 2 aromatic carbocycles. The van der Waals surface area contributed by atoms with Gasteiger partial charge in [0.05, 0.1) is 6.42 Å². The normalized spacial score (nSPS) is 10.3. The van der Waals surface area contributed by atoms with E-state index in [1.807, 2.05) is 48.5 Å². The van der Waals surface area contributed by atoms with Gasteiger partial charge in [0.15, 0.2) is 0 Å². The summed E-state index contributed by atoms with van der Waals surface area (Å²) in [6.45, 7) is 0. The summed E-state index contributed by atoms with van der Waals surface area (Å²) in [5, 5.41) is 1.42. The van der Waals surface area contributed by atoms with E-state index in [4.69, 9.17) is 23.2 Å². The van der Waals surface area contributed by atoms with Gasteiger partial charge in [0, 0.05) is 10.0 Å². The first-order valence-electron chi connectivity index (χ1n) is 4.52. The number of benzene rings is 2. The molecule has 0 aliphatic heterocycles. The second-order valence-electron chi connectivity index (χ2n) is 3.15. The van der Waals surface area contributed by atoms with Gasteiger partial charge in [-0.3, -0.25) is 0 Å². The number of rotatable bonds is 2. The molecule has 0 aliphatic carbocycles. The molecule has 0 aromatic heterocycles. The van der Waals surface area contributed by atoms with Crippen molar-refractivity contribution in [3.8, 4) is 0 Å². The van der Waals surface area contributed by atoms with Crippen LogP contribution in [0.3, 0.4) is 0 Å². The first-order valence-corrected chi connectivity index (χ1v) is 5.28. The topological polar surface area (TPSA) is 0 Å². The third-order valence-corrected chi connectivity index (χ3v) is 2.41. The fraction of sp³-hybridized carbons (Fsp3) is 0. The van der Waals surface area contributed by atoms with Crippen molar-refractivity contribution in [3.05, 3.63) is 76.1 Å². The summed E-state index contributed by atoms with van der Waals surface area (Å²) in [5.74, 6) is 0. The minimum atomic E-state index is 0.710. The Morgan fingerprint density at radius 2 is 1.20 bits per heavy atom. The van der Waals surface area contributed by atoms with Gasteiger partial charge in [-0.2, -0.15) is 0 Å². The highest BCUT2D eigenvalue weighted by Gasteiger charge is 1.99. The Morgan fingerprint density at radius 1 is 0.733 bits per heavy atom. The molecule has 0 atom stereocenters. The van der Waals surface area contributed by atoms with Gasteiger partial charge in [0.25, 0.3) is 0 Å². The van der Waals surface area contributed by atoms with Crippen molar-refractivity contribution in [2.45, 2.75) is 0 Å². The van der Waals surface area contributed by atoms with Crippen molar-refractivity contribution in [3.63, 3.8) is 0 Å². The van der Waals surface area contributed by atoms with Crippen molar-refractivity contribution >= 4 is 23.2 Å². The van der Waals surface area contributed by atoms with Gasteiger partial charge in [-0.15, -0.1) is 0 Å². The molecule has 2 aromatic rings. The Bertz CT molecular complexity index is 420. The van der Waals surface area contributed by atoms with E-state index in [2.05, 4.69) is 6.42 Å². The Morgan fingerprint density at radius 3 is 1.60 bits per heavy atom. The van der Waals surface area contributed by atoms with Crippen molar-refractivity contribution in [2.75, 3.05) is 0 Å². The molecule has 0 nitrogen and oxygen atoms in total. The van der Waals surface area contributed by atoms with E-state index in [1.54, 1.807) is 0 Å². The van der Waals surface area contributed by atoms with Crippen LogP contribution in [0, 0.1) is 6.42 Å². The summed E-state index contributed by atoms with van der Waals surface area (Å²) in [5.41, 5.74) is 1.90. The minimum absolute atomic E-state index is 0.710. The summed E-state index contributed by atoms with van der Waals surface area (Å²) in [6.07, 6.45) is 3.22. The summed E-state index contributed by atoms with van der Waals surface area (Å²) >= 11 is 11.8. The molecule has 0 heterocycles. The van der Waals surface area contributed by atoms with Crippen LogP contribution in [0.25, 0.3) is 0 Å². The zero-order chi connectivity index (χ0) is 10.7. The van der Waals surface area contributed by atoms with E-state index in [1.165, 1.54) is 0 Å². The second kappa shape index (κ2) is 4.69. The van der Waals surface area contributed by atoms with Crippen molar-refractivity contribution in [2.24, 2.45) is 0 Å². The molecular formula is C13H8Cl2. The number of hydrogen-bond acceptors (Lipinski definition) is 0. The predicted molar refractivity (Wildman–Crippen MR) is 64.4 cm³/mol. The lowest BCUT2D eigenvalue weighted by atomic mass is 10.1. The fourth-order valence-electron chi connectivity index (χ4n) is 1.30. The standard InChI is InChI=1S/C13H8Cl2/c14-12-5-1-3-10(8-12)7-11-4-2-6-13(15)9-11/h1-6,8-9H. The largest absolute Gasteiger partial charge is 0.0843 e. The lowest BCUT2D eigenvalue weighted by molar-refractivity contribution is 1.43. The Kier molecular flexibility index (Phi) is 3.30. The average Bonchev–Trinajstić information content (AvgIpc) is 2.17. The molecule has 0 saturated heterocycles. The smallest absolute Gasteiger partial charge is 0.0502 e. The lowest BCUT2D eigenvalue weighted by Gasteiger charge is -2.01. The summed E-state index contributed by atoms with van der Waals surface area (Å²) in [6, 6.07) is 15.1. The van der Waals surface area contributed by atoms with E-state index < -0.39 is 0 Å². The number of halogens is 2. The Hall–Kier alpha value is -0.980. The molecule has 0 amide bonds. The lowest BCUT2D eigenvalue weighted by Crippen LogP contribution is -1.84. The van der Waals surface area contributed by atoms with Gasteiger partial charge >= 0.3 is 0 Å². The van der Waals surface area contributed by atoms with Gasteiger partial charge in [0.2, 0.25) is 0 Å². The summed E-state index contributed by atoms with van der Waals surface area (Å²) in [7, 11) is 0. The first-order chi connectivity index (χ1) is 7.24. The van der Waals surface area contributed by atoms with Crippen LogP contribution in [0.15, 0.2) is 48.5 Å². The van der Waals surface area contributed by atoms with Crippen LogP contribution in [0.5, 0.6) is 0 Å². The monoisotopic (exact) mass is 234 g/mol. The van der Waals surface area contributed by atoms with Gasteiger partial charge in [-0.1, -0.05) is 47.5 Å². The Balaban J connectivity index is 2.22. The highest BCUT2D eigenvalue weighted by atomic mass is 35.5. The van der Waals surface area contributed by atoms with Crippen molar-refractivity contribution < 1.29 is 0 Å². The molecule has 15 heavy (non-hydrogen) atoms. The van der Waals surface area contributed by atoms with Gasteiger partial charge in [0.1, 0.15) is 0 Å². The zero-order valence-corrected chi connectivity index (χ0v) is 9.39. The van der Waals surface area contributed by atoms with Crippen LogP contribution in [0.1, 0.15) is 11.1 Å². The molecule has 2 radical (unpaired) electrons. The summed E-state index contributed by atoms with van der Waals surface area (Å²) in [4.78, 5) is 0. The van der Waals surface area contributed by atoms with Gasteiger partial charge in [-0.05, 0) is 35.4 Å². The van der Waals surface area contributed by atoms with Crippen LogP contribution in [0.4, 0.5) is 0 Å². The molecule has 0 saturated carbocycles. The van der Waals surface area contributed by atoms with Crippen molar-refractivity contribution in [1.29, 1.82) is 0 Å². The predicted octanol–water partition coefficient (Wildman–Crippen LogP) is 4.47. The molecule has 0 fully saturated rings. The van der Waals surface area contributed by atoms with E-state index in [0.29, 0.717) is 10.0 Å².